The Morgan fingerprint density at radius 3 is 2.42 bits per heavy atom. The molecule has 3 aromatic rings. The van der Waals surface area contributed by atoms with Crippen molar-refractivity contribution in [1.29, 1.82) is 0 Å². The third-order valence-corrected chi connectivity index (χ3v) is 3.74. The van der Waals surface area contributed by atoms with E-state index in [4.69, 9.17) is 4.74 Å². The van der Waals surface area contributed by atoms with E-state index in [0.717, 1.165) is 22.8 Å². The number of ether oxygens (including phenoxy) is 1. The van der Waals surface area contributed by atoms with Gasteiger partial charge >= 0.3 is 0 Å². The SMILES string of the molecule is COc1ccc(C(=O)Nc2ccccc2-n2nc(C)cc2C)cc1. The molecular weight excluding hydrogens is 302 g/mol. The molecule has 24 heavy (non-hydrogen) atoms. The Hall–Kier alpha value is -3.08. The van der Waals surface area contributed by atoms with Crippen LogP contribution in [-0.4, -0.2) is 22.8 Å². The summed E-state index contributed by atoms with van der Waals surface area (Å²) in [5, 5.41) is 7.45. The van der Waals surface area contributed by atoms with E-state index in [0.29, 0.717) is 11.3 Å². The van der Waals surface area contributed by atoms with Gasteiger partial charge in [-0.2, -0.15) is 5.10 Å². The van der Waals surface area contributed by atoms with E-state index in [1.54, 1.807) is 31.4 Å². The summed E-state index contributed by atoms with van der Waals surface area (Å²) < 4.78 is 6.95. The van der Waals surface area contributed by atoms with Crippen LogP contribution in [0, 0.1) is 13.8 Å². The van der Waals surface area contributed by atoms with Gasteiger partial charge in [0.25, 0.3) is 5.91 Å². The van der Waals surface area contributed by atoms with E-state index in [-0.39, 0.29) is 5.91 Å². The number of hydrogen-bond donors (Lipinski definition) is 1. The Balaban J connectivity index is 1.90. The highest BCUT2D eigenvalue weighted by molar-refractivity contribution is 6.05. The van der Waals surface area contributed by atoms with Gasteiger partial charge in [0.1, 0.15) is 5.75 Å². The van der Waals surface area contributed by atoms with Crippen molar-refractivity contribution in [2.75, 3.05) is 12.4 Å². The fourth-order valence-corrected chi connectivity index (χ4v) is 2.57. The van der Waals surface area contributed by atoms with Gasteiger partial charge in [0.05, 0.1) is 24.2 Å². The number of methoxy groups -OCH3 is 1. The normalized spacial score (nSPS) is 10.5. The maximum Gasteiger partial charge on any atom is 0.255 e. The van der Waals surface area contributed by atoms with Crippen molar-refractivity contribution in [1.82, 2.24) is 9.78 Å². The third kappa shape index (κ3) is 3.15. The number of benzene rings is 2. The number of carbonyl (C=O) groups is 1. The first-order chi connectivity index (χ1) is 11.6. The molecule has 3 rings (SSSR count). The summed E-state index contributed by atoms with van der Waals surface area (Å²) in [6.07, 6.45) is 0. The molecule has 0 aliphatic rings. The van der Waals surface area contributed by atoms with Crippen molar-refractivity contribution in [2.24, 2.45) is 0 Å². The Morgan fingerprint density at radius 2 is 1.79 bits per heavy atom. The van der Waals surface area contributed by atoms with Gasteiger partial charge in [0.15, 0.2) is 0 Å². The van der Waals surface area contributed by atoms with Crippen LogP contribution in [0.1, 0.15) is 21.7 Å². The topological polar surface area (TPSA) is 56.1 Å². The molecule has 5 heteroatoms. The lowest BCUT2D eigenvalue weighted by Gasteiger charge is -2.12. The molecule has 122 valence electrons. The molecule has 1 heterocycles. The van der Waals surface area contributed by atoms with E-state index in [1.807, 2.05) is 48.9 Å². The van der Waals surface area contributed by atoms with E-state index < -0.39 is 0 Å². The quantitative estimate of drug-likeness (QED) is 0.796. The Labute approximate surface area is 140 Å². The average Bonchev–Trinajstić information content (AvgIpc) is 2.93. The summed E-state index contributed by atoms with van der Waals surface area (Å²) >= 11 is 0. The molecule has 0 bridgehead atoms. The van der Waals surface area contributed by atoms with Crippen molar-refractivity contribution in [3.05, 3.63) is 71.5 Å². The minimum absolute atomic E-state index is 0.174. The highest BCUT2D eigenvalue weighted by atomic mass is 16.5. The number of anilines is 1. The van der Waals surface area contributed by atoms with Crippen molar-refractivity contribution >= 4 is 11.6 Å². The van der Waals surface area contributed by atoms with Gasteiger partial charge in [-0.1, -0.05) is 12.1 Å². The monoisotopic (exact) mass is 321 g/mol. The molecule has 0 atom stereocenters. The molecule has 1 amide bonds. The number of nitrogens with zero attached hydrogens (tertiary/aromatic N) is 2. The molecule has 1 N–H and O–H groups in total. The van der Waals surface area contributed by atoms with Gasteiger partial charge in [-0.15, -0.1) is 0 Å². The second-order valence-corrected chi connectivity index (χ2v) is 5.54. The van der Waals surface area contributed by atoms with Gasteiger partial charge in [-0.25, -0.2) is 4.68 Å². The Bertz CT molecular complexity index is 867. The third-order valence-electron chi connectivity index (χ3n) is 3.74. The molecule has 1 aromatic heterocycles. The van der Waals surface area contributed by atoms with Crippen LogP contribution in [0.2, 0.25) is 0 Å². The summed E-state index contributed by atoms with van der Waals surface area (Å²) in [7, 11) is 1.60. The summed E-state index contributed by atoms with van der Waals surface area (Å²) in [5.41, 5.74) is 4.07. The Kier molecular flexibility index (Phi) is 4.33. The first-order valence-corrected chi connectivity index (χ1v) is 7.66. The van der Waals surface area contributed by atoms with E-state index in [9.17, 15) is 4.79 Å². The number of aromatic nitrogens is 2. The highest BCUT2D eigenvalue weighted by Crippen LogP contribution is 2.22. The molecule has 0 aliphatic heterocycles. The first kappa shape index (κ1) is 15.8. The molecule has 0 fully saturated rings. The van der Waals surface area contributed by atoms with Gasteiger partial charge in [-0.05, 0) is 56.3 Å². The summed E-state index contributed by atoms with van der Waals surface area (Å²) in [4.78, 5) is 12.5. The predicted octanol–water partition coefficient (Wildman–Crippen LogP) is 3.75. The van der Waals surface area contributed by atoms with Gasteiger partial charge < -0.3 is 10.1 Å². The number of hydrogen-bond acceptors (Lipinski definition) is 3. The zero-order valence-electron chi connectivity index (χ0n) is 13.9. The van der Waals surface area contributed by atoms with Crippen molar-refractivity contribution < 1.29 is 9.53 Å². The lowest BCUT2D eigenvalue weighted by atomic mass is 10.2. The van der Waals surface area contributed by atoms with Gasteiger partial charge in [-0.3, -0.25) is 4.79 Å². The molecule has 0 radical (unpaired) electrons. The number of carbonyl (C=O) groups excluding carboxylic acids is 1. The second kappa shape index (κ2) is 6.58. The van der Waals surface area contributed by atoms with Crippen molar-refractivity contribution in [3.63, 3.8) is 0 Å². The number of para-hydroxylation sites is 2. The molecular formula is C19H19N3O2. The lowest BCUT2D eigenvalue weighted by molar-refractivity contribution is 0.102. The molecule has 0 aliphatic carbocycles. The summed E-state index contributed by atoms with van der Waals surface area (Å²) in [5.74, 6) is 0.543. The van der Waals surface area contributed by atoms with E-state index in [2.05, 4.69) is 10.4 Å². The standard InChI is InChI=1S/C19H19N3O2/c1-13-12-14(2)22(21-13)18-7-5-4-6-17(18)20-19(23)15-8-10-16(24-3)11-9-15/h4-12H,1-3H3,(H,20,23). The summed E-state index contributed by atoms with van der Waals surface area (Å²) in [6.45, 7) is 3.93. The molecule has 0 spiro atoms. The van der Waals surface area contributed by atoms with E-state index >= 15 is 0 Å². The molecule has 0 saturated heterocycles. The van der Waals surface area contributed by atoms with Crippen LogP contribution in [0.25, 0.3) is 5.69 Å². The minimum atomic E-state index is -0.174. The zero-order chi connectivity index (χ0) is 17.1. The van der Waals surface area contributed by atoms with Crippen LogP contribution >= 0.6 is 0 Å². The van der Waals surface area contributed by atoms with Crippen LogP contribution in [0.3, 0.4) is 0 Å². The molecule has 0 unspecified atom stereocenters. The van der Waals surface area contributed by atoms with Gasteiger partial charge in [0.2, 0.25) is 0 Å². The Morgan fingerprint density at radius 1 is 1.08 bits per heavy atom. The lowest BCUT2D eigenvalue weighted by Crippen LogP contribution is -2.14. The van der Waals surface area contributed by atoms with Crippen LogP contribution in [0.5, 0.6) is 5.75 Å². The largest absolute Gasteiger partial charge is 0.497 e. The number of rotatable bonds is 4. The van der Waals surface area contributed by atoms with Crippen LogP contribution in [0.15, 0.2) is 54.6 Å². The fourth-order valence-electron chi connectivity index (χ4n) is 2.57. The van der Waals surface area contributed by atoms with Gasteiger partial charge in [0, 0.05) is 11.3 Å². The van der Waals surface area contributed by atoms with Crippen LogP contribution < -0.4 is 10.1 Å². The maximum atomic E-state index is 12.5. The van der Waals surface area contributed by atoms with Crippen molar-refractivity contribution in [2.45, 2.75) is 13.8 Å². The van der Waals surface area contributed by atoms with Crippen LogP contribution in [-0.2, 0) is 0 Å². The predicted molar refractivity (Wildman–Crippen MR) is 94.0 cm³/mol. The first-order valence-electron chi connectivity index (χ1n) is 7.66. The summed E-state index contributed by atoms with van der Waals surface area (Å²) in [6, 6.07) is 16.6. The highest BCUT2D eigenvalue weighted by Gasteiger charge is 2.12. The van der Waals surface area contributed by atoms with Crippen LogP contribution in [0.4, 0.5) is 5.69 Å². The number of aryl methyl sites for hydroxylation is 2. The average molecular weight is 321 g/mol. The molecule has 2 aromatic carbocycles. The number of nitrogens with one attached hydrogen (secondary N) is 1. The smallest absolute Gasteiger partial charge is 0.255 e. The fraction of sp³-hybridized carbons (Fsp3) is 0.158. The molecule has 0 saturated carbocycles. The minimum Gasteiger partial charge on any atom is -0.497 e. The zero-order valence-corrected chi connectivity index (χ0v) is 13.9. The maximum absolute atomic E-state index is 12.5. The molecule has 5 nitrogen and oxygen atoms in total. The van der Waals surface area contributed by atoms with E-state index in [1.165, 1.54) is 0 Å². The van der Waals surface area contributed by atoms with Crippen molar-refractivity contribution in [3.8, 4) is 11.4 Å². The second-order valence-electron chi connectivity index (χ2n) is 5.54. The number of amides is 1.